The van der Waals surface area contributed by atoms with Crippen LogP contribution in [-0.2, 0) is 4.79 Å². The predicted molar refractivity (Wildman–Crippen MR) is 43.5 cm³/mol. The van der Waals surface area contributed by atoms with Crippen molar-refractivity contribution in [2.75, 3.05) is 25.1 Å². The molecule has 10 heavy (non-hydrogen) atoms. The van der Waals surface area contributed by atoms with E-state index in [1.165, 1.54) is 0 Å². The number of rotatable bonds is 6. The lowest BCUT2D eigenvalue weighted by atomic mass is 10.5. The summed E-state index contributed by atoms with van der Waals surface area (Å²) in [7, 11) is 0. The van der Waals surface area contributed by atoms with Gasteiger partial charge in [-0.05, 0) is 25.0 Å². The number of thioether (sulfide) groups is 1. The van der Waals surface area contributed by atoms with E-state index in [1.54, 1.807) is 11.8 Å². The fraction of sp³-hybridized carbons (Fsp3) is 0.833. The number of carbonyl (C=O) groups is 1. The highest BCUT2D eigenvalue weighted by Gasteiger charge is 1.92. The first-order valence-corrected chi connectivity index (χ1v) is 4.58. The van der Waals surface area contributed by atoms with Crippen LogP contribution in [0.5, 0.6) is 0 Å². The third-order valence-electron chi connectivity index (χ3n) is 0.978. The molecule has 0 spiro atoms. The van der Waals surface area contributed by atoms with Crippen molar-refractivity contribution < 1.29 is 9.90 Å². The average Bonchev–Trinajstić information content (AvgIpc) is 1.87. The summed E-state index contributed by atoms with van der Waals surface area (Å²) in [4.78, 5) is 9.96. The number of hydrogen-bond donors (Lipinski definition) is 2. The Morgan fingerprint density at radius 1 is 1.70 bits per heavy atom. The molecule has 0 aromatic heterocycles. The molecule has 0 amide bonds. The van der Waals surface area contributed by atoms with Crippen LogP contribution in [0.3, 0.4) is 0 Å². The van der Waals surface area contributed by atoms with Crippen molar-refractivity contribution in [2.45, 2.75) is 6.42 Å². The molecule has 0 fully saturated rings. The minimum atomic E-state index is -0.788. The van der Waals surface area contributed by atoms with Gasteiger partial charge in [0.2, 0.25) is 0 Å². The zero-order valence-corrected chi connectivity index (χ0v) is 6.91. The Balaban J connectivity index is 2.84. The molecule has 0 heterocycles. The van der Waals surface area contributed by atoms with Crippen LogP contribution in [0, 0.1) is 0 Å². The molecule has 0 radical (unpaired) electrons. The van der Waals surface area contributed by atoms with Crippen molar-refractivity contribution in [3.8, 4) is 0 Å². The zero-order chi connectivity index (χ0) is 7.82. The van der Waals surface area contributed by atoms with Crippen molar-refractivity contribution in [1.29, 1.82) is 0 Å². The van der Waals surface area contributed by atoms with Gasteiger partial charge in [0.25, 0.3) is 0 Å². The van der Waals surface area contributed by atoms with Crippen LogP contribution in [0.2, 0.25) is 0 Å². The van der Waals surface area contributed by atoms with E-state index >= 15 is 0 Å². The fourth-order valence-corrected chi connectivity index (χ4v) is 0.970. The Morgan fingerprint density at radius 2 is 2.40 bits per heavy atom. The van der Waals surface area contributed by atoms with E-state index in [0.717, 1.165) is 18.7 Å². The molecular weight excluding hydrogens is 150 g/mol. The first-order chi connectivity index (χ1) is 4.77. The first kappa shape index (κ1) is 9.78. The molecule has 0 unspecified atom stereocenters. The Kier molecular flexibility index (Phi) is 6.74. The third kappa shape index (κ3) is 7.78. The molecule has 0 saturated carbocycles. The molecule has 0 atom stereocenters. The Labute approximate surface area is 65.2 Å². The second-order valence-electron chi connectivity index (χ2n) is 1.92. The molecule has 60 valence electrons. The molecule has 0 bridgehead atoms. The monoisotopic (exact) mass is 163 g/mol. The number of hydrogen-bond acceptors (Lipinski definition) is 3. The topological polar surface area (TPSA) is 49.3 Å². The molecular formula is C6H13NO2S. The molecule has 0 aromatic rings. The van der Waals surface area contributed by atoms with Gasteiger partial charge in [-0.3, -0.25) is 4.79 Å². The molecule has 0 saturated heterocycles. The van der Waals surface area contributed by atoms with Crippen molar-refractivity contribution in [3.05, 3.63) is 0 Å². The van der Waals surface area contributed by atoms with Gasteiger partial charge in [0.1, 0.15) is 0 Å². The minimum Gasteiger partial charge on any atom is -0.480 e. The maximum atomic E-state index is 9.96. The van der Waals surface area contributed by atoms with Crippen LogP contribution in [0.15, 0.2) is 0 Å². The van der Waals surface area contributed by atoms with E-state index in [4.69, 9.17) is 5.11 Å². The maximum Gasteiger partial charge on any atom is 0.317 e. The quantitative estimate of drug-likeness (QED) is 0.557. The molecule has 3 nitrogen and oxygen atoms in total. The van der Waals surface area contributed by atoms with Gasteiger partial charge in [-0.15, -0.1) is 0 Å². The largest absolute Gasteiger partial charge is 0.480 e. The van der Waals surface area contributed by atoms with Gasteiger partial charge in [0.05, 0.1) is 6.54 Å². The highest BCUT2D eigenvalue weighted by Crippen LogP contribution is 1.92. The van der Waals surface area contributed by atoms with E-state index in [0.29, 0.717) is 0 Å². The lowest BCUT2D eigenvalue weighted by Gasteiger charge is -1.98. The van der Waals surface area contributed by atoms with Gasteiger partial charge in [-0.1, -0.05) is 0 Å². The van der Waals surface area contributed by atoms with Gasteiger partial charge in [-0.25, -0.2) is 0 Å². The zero-order valence-electron chi connectivity index (χ0n) is 6.09. The van der Waals surface area contributed by atoms with E-state index in [1.807, 2.05) is 6.26 Å². The highest BCUT2D eigenvalue weighted by molar-refractivity contribution is 7.98. The average molecular weight is 163 g/mol. The summed E-state index contributed by atoms with van der Waals surface area (Å²) in [5.74, 6) is 0.302. The van der Waals surface area contributed by atoms with Gasteiger partial charge in [0, 0.05) is 0 Å². The second-order valence-corrected chi connectivity index (χ2v) is 2.90. The van der Waals surface area contributed by atoms with E-state index in [9.17, 15) is 4.79 Å². The van der Waals surface area contributed by atoms with Crippen LogP contribution in [0.25, 0.3) is 0 Å². The van der Waals surface area contributed by atoms with E-state index < -0.39 is 5.97 Å². The van der Waals surface area contributed by atoms with Crippen LogP contribution in [0.4, 0.5) is 0 Å². The van der Waals surface area contributed by atoms with Crippen LogP contribution in [-0.4, -0.2) is 36.2 Å². The fourth-order valence-electron chi connectivity index (χ4n) is 0.537. The lowest BCUT2D eigenvalue weighted by molar-refractivity contribution is -0.135. The lowest BCUT2D eigenvalue weighted by Crippen LogP contribution is -2.23. The van der Waals surface area contributed by atoms with Crippen LogP contribution >= 0.6 is 11.8 Å². The summed E-state index contributed by atoms with van der Waals surface area (Å²) in [6.45, 7) is 0.877. The standard InChI is InChI=1S/C6H13NO2S/c1-10-4-2-3-7-5-6(8)9/h7H,2-5H2,1H3,(H,8,9). The van der Waals surface area contributed by atoms with Crippen LogP contribution in [0.1, 0.15) is 6.42 Å². The summed E-state index contributed by atoms with van der Waals surface area (Å²) >= 11 is 1.77. The number of carboxylic acid groups (broad SMARTS) is 1. The smallest absolute Gasteiger partial charge is 0.317 e. The highest BCUT2D eigenvalue weighted by atomic mass is 32.2. The van der Waals surface area contributed by atoms with Gasteiger partial charge in [-0.2, -0.15) is 11.8 Å². The normalized spacial score (nSPS) is 9.70. The van der Waals surface area contributed by atoms with E-state index in [2.05, 4.69) is 5.32 Å². The maximum absolute atomic E-state index is 9.96. The molecule has 0 aliphatic rings. The van der Waals surface area contributed by atoms with Crippen molar-refractivity contribution >= 4 is 17.7 Å². The summed E-state index contributed by atoms with van der Waals surface area (Å²) in [5.41, 5.74) is 0. The third-order valence-corrected chi connectivity index (χ3v) is 1.68. The number of carboxylic acids is 1. The Bertz CT molecular complexity index is 97.7. The molecule has 0 rings (SSSR count). The Hall–Kier alpha value is -0.220. The molecule has 4 heteroatoms. The summed E-state index contributed by atoms with van der Waals surface area (Å²) in [6, 6.07) is 0. The Morgan fingerprint density at radius 3 is 2.90 bits per heavy atom. The number of nitrogens with one attached hydrogen (secondary N) is 1. The predicted octanol–water partition coefficient (Wildman–Crippen LogP) is 0.414. The van der Waals surface area contributed by atoms with Gasteiger partial charge in [0.15, 0.2) is 0 Å². The summed E-state index contributed by atoms with van der Waals surface area (Å²) in [6.07, 6.45) is 3.08. The SMILES string of the molecule is CSCCCNCC(=O)O. The van der Waals surface area contributed by atoms with Crippen molar-refractivity contribution in [2.24, 2.45) is 0 Å². The second kappa shape index (κ2) is 6.89. The summed E-state index contributed by atoms with van der Waals surface area (Å²) in [5, 5.41) is 11.0. The van der Waals surface area contributed by atoms with Crippen molar-refractivity contribution in [3.63, 3.8) is 0 Å². The summed E-state index contributed by atoms with van der Waals surface area (Å²) < 4.78 is 0. The van der Waals surface area contributed by atoms with Gasteiger partial charge >= 0.3 is 5.97 Å². The molecule has 0 aliphatic carbocycles. The minimum absolute atomic E-state index is 0.0778. The van der Waals surface area contributed by atoms with Crippen LogP contribution < -0.4 is 5.32 Å². The van der Waals surface area contributed by atoms with Crippen molar-refractivity contribution in [1.82, 2.24) is 5.32 Å². The molecule has 0 aromatic carbocycles. The van der Waals surface area contributed by atoms with E-state index in [-0.39, 0.29) is 6.54 Å². The molecule has 2 N–H and O–H groups in total. The number of aliphatic carboxylic acids is 1. The first-order valence-electron chi connectivity index (χ1n) is 3.19. The molecule has 0 aliphatic heterocycles. The van der Waals surface area contributed by atoms with Gasteiger partial charge < -0.3 is 10.4 Å².